The van der Waals surface area contributed by atoms with Gasteiger partial charge in [0.25, 0.3) is 0 Å². The highest BCUT2D eigenvalue weighted by Crippen LogP contribution is 2.23. The van der Waals surface area contributed by atoms with Crippen molar-refractivity contribution in [2.75, 3.05) is 12.3 Å². The molecule has 1 nitrogen and oxygen atoms in total. The number of nitrogens with one attached hydrogen (secondary N) is 1. The Bertz CT molecular complexity index is 358. The Morgan fingerprint density at radius 3 is 2.76 bits per heavy atom. The monoisotopic (exact) mass is 249 g/mol. The van der Waals surface area contributed by atoms with Crippen molar-refractivity contribution < 1.29 is 0 Å². The van der Waals surface area contributed by atoms with Gasteiger partial charge < -0.3 is 5.32 Å². The molecule has 0 atom stereocenters. The lowest BCUT2D eigenvalue weighted by atomic mass is 10.1. The molecule has 1 N–H and O–H groups in total. The van der Waals surface area contributed by atoms with Crippen molar-refractivity contribution in [2.45, 2.75) is 32.2 Å². The number of hydrogen-bond acceptors (Lipinski definition) is 2. The van der Waals surface area contributed by atoms with Gasteiger partial charge in [-0.15, -0.1) is 18.3 Å². The Kier molecular flexibility index (Phi) is 6.38. The lowest BCUT2D eigenvalue weighted by molar-refractivity contribution is 0.552. The second-order valence-electron chi connectivity index (χ2n) is 4.72. The topological polar surface area (TPSA) is 12.0 Å². The summed E-state index contributed by atoms with van der Waals surface area (Å²) in [6.07, 6.45) is 1.95. The molecular formula is C15H23NS. The standard InChI is InChI=1S/C15H23NS/c1-5-8-17-15-7-6-14(9-13(15)4)11-16-10-12(2)3/h5-7,9,12,16H,1,8,10-11H2,2-4H3. The van der Waals surface area contributed by atoms with Crippen LogP contribution in [0, 0.1) is 12.8 Å². The summed E-state index contributed by atoms with van der Waals surface area (Å²) in [5.41, 5.74) is 2.73. The molecule has 94 valence electrons. The van der Waals surface area contributed by atoms with Gasteiger partial charge in [0.15, 0.2) is 0 Å². The molecule has 0 unspecified atom stereocenters. The summed E-state index contributed by atoms with van der Waals surface area (Å²) in [6.45, 7) is 12.4. The number of rotatable bonds is 7. The Morgan fingerprint density at radius 1 is 1.41 bits per heavy atom. The van der Waals surface area contributed by atoms with Crippen LogP contribution in [0.3, 0.4) is 0 Å². The lowest BCUT2D eigenvalue weighted by Crippen LogP contribution is -2.18. The molecule has 0 aliphatic carbocycles. The fourth-order valence-electron chi connectivity index (χ4n) is 1.64. The summed E-state index contributed by atoms with van der Waals surface area (Å²) >= 11 is 1.85. The Balaban J connectivity index is 2.52. The van der Waals surface area contributed by atoms with Gasteiger partial charge in [-0.1, -0.05) is 32.1 Å². The molecule has 0 saturated carbocycles. The summed E-state index contributed by atoms with van der Waals surface area (Å²) in [5.74, 6) is 1.68. The van der Waals surface area contributed by atoms with Crippen molar-refractivity contribution in [1.82, 2.24) is 5.32 Å². The first kappa shape index (κ1) is 14.3. The van der Waals surface area contributed by atoms with Gasteiger partial charge in [0, 0.05) is 17.2 Å². The molecule has 0 saturated heterocycles. The van der Waals surface area contributed by atoms with Crippen molar-refractivity contribution >= 4 is 11.8 Å². The molecular weight excluding hydrogens is 226 g/mol. The van der Waals surface area contributed by atoms with Gasteiger partial charge >= 0.3 is 0 Å². The van der Waals surface area contributed by atoms with Crippen LogP contribution in [0.15, 0.2) is 35.7 Å². The van der Waals surface area contributed by atoms with E-state index in [1.54, 1.807) is 0 Å². The Morgan fingerprint density at radius 2 is 2.18 bits per heavy atom. The van der Waals surface area contributed by atoms with Crippen molar-refractivity contribution in [2.24, 2.45) is 5.92 Å². The molecule has 0 aliphatic heterocycles. The van der Waals surface area contributed by atoms with Gasteiger partial charge in [0.2, 0.25) is 0 Å². The van der Waals surface area contributed by atoms with Crippen molar-refractivity contribution in [3.8, 4) is 0 Å². The van der Waals surface area contributed by atoms with Crippen LogP contribution in [-0.2, 0) is 6.54 Å². The summed E-state index contributed by atoms with van der Waals surface area (Å²) in [6, 6.07) is 6.71. The minimum Gasteiger partial charge on any atom is -0.312 e. The molecule has 0 fully saturated rings. The first-order chi connectivity index (χ1) is 8.13. The summed E-state index contributed by atoms with van der Waals surface area (Å²) in [5, 5.41) is 3.47. The van der Waals surface area contributed by atoms with E-state index in [-0.39, 0.29) is 0 Å². The highest BCUT2D eigenvalue weighted by molar-refractivity contribution is 7.99. The van der Waals surface area contributed by atoms with Crippen molar-refractivity contribution in [3.63, 3.8) is 0 Å². The Hall–Kier alpha value is -0.730. The predicted octanol–water partition coefficient (Wildman–Crippen LogP) is 4.02. The quantitative estimate of drug-likeness (QED) is 0.578. The maximum Gasteiger partial charge on any atom is 0.0205 e. The second kappa shape index (κ2) is 7.57. The molecule has 0 spiro atoms. The maximum atomic E-state index is 3.75. The third-order valence-electron chi connectivity index (χ3n) is 2.48. The first-order valence-electron chi connectivity index (χ1n) is 6.17. The molecule has 0 amide bonds. The van der Waals surface area contributed by atoms with Gasteiger partial charge in [-0.05, 0) is 36.6 Å². The molecule has 0 aromatic heterocycles. The van der Waals surface area contributed by atoms with Crippen molar-refractivity contribution in [1.29, 1.82) is 0 Å². The highest BCUT2D eigenvalue weighted by Gasteiger charge is 2.00. The molecule has 1 rings (SSSR count). The number of hydrogen-bond donors (Lipinski definition) is 1. The van der Waals surface area contributed by atoms with E-state index in [9.17, 15) is 0 Å². The van der Waals surface area contributed by atoms with Gasteiger partial charge in [-0.25, -0.2) is 0 Å². The number of thioether (sulfide) groups is 1. The summed E-state index contributed by atoms with van der Waals surface area (Å²) in [7, 11) is 0. The molecule has 17 heavy (non-hydrogen) atoms. The molecule has 1 aromatic carbocycles. The van der Waals surface area contributed by atoms with E-state index in [1.807, 2.05) is 17.8 Å². The van der Waals surface area contributed by atoms with E-state index in [0.717, 1.165) is 18.8 Å². The van der Waals surface area contributed by atoms with E-state index in [0.29, 0.717) is 5.92 Å². The van der Waals surface area contributed by atoms with Gasteiger partial charge in [0.1, 0.15) is 0 Å². The minimum absolute atomic E-state index is 0.707. The van der Waals surface area contributed by atoms with Crippen LogP contribution >= 0.6 is 11.8 Å². The summed E-state index contributed by atoms with van der Waals surface area (Å²) in [4.78, 5) is 1.36. The fraction of sp³-hybridized carbons (Fsp3) is 0.467. The van der Waals surface area contributed by atoms with Gasteiger partial charge in [-0.2, -0.15) is 0 Å². The molecule has 0 bridgehead atoms. The van der Waals surface area contributed by atoms with E-state index in [4.69, 9.17) is 0 Å². The van der Waals surface area contributed by atoms with Crippen LogP contribution in [0.25, 0.3) is 0 Å². The highest BCUT2D eigenvalue weighted by atomic mass is 32.2. The molecule has 0 radical (unpaired) electrons. The third-order valence-corrected chi connectivity index (χ3v) is 3.65. The number of aryl methyl sites for hydroxylation is 1. The minimum atomic E-state index is 0.707. The van der Waals surface area contributed by atoms with Gasteiger partial charge in [-0.3, -0.25) is 0 Å². The third kappa shape index (κ3) is 5.42. The number of benzene rings is 1. The van der Waals surface area contributed by atoms with Crippen LogP contribution in [-0.4, -0.2) is 12.3 Å². The average molecular weight is 249 g/mol. The average Bonchev–Trinajstić information content (AvgIpc) is 2.27. The lowest BCUT2D eigenvalue weighted by Gasteiger charge is -2.10. The van der Waals surface area contributed by atoms with Crippen molar-refractivity contribution in [3.05, 3.63) is 42.0 Å². The van der Waals surface area contributed by atoms with Gasteiger partial charge in [0.05, 0.1) is 0 Å². The SMILES string of the molecule is C=CCSc1ccc(CNCC(C)C)cc1C. The predicted molar refractivity (Wildman–Crippen MR) is 78.6 cm³/mol. The van der Waals surface area contributed by atoms with Crippen LogP contribution < -0.4 is 5.32 Å². The van der Waals surface area contributed by atoms with Crippen LogP contribution in [0.4, 0.5) is 0 Å². The fourth-order valence-corrected chi connectivity index (χ4v) is 2.39. The maximum absolute atomic E-state index is 3.75. The van der Waals surface area contributed by atoms with E-state index >= 15 is 0 Å². The van der Waals surface area contributed by atoms with Crippen LogP contribution in [0.2, 0.25) is 0 Å². The molecule has 0 aliphatic rings. The molecule has 2 heteroatoms. The first-order valence-corrected chi connectivity index (χ1v) is 7.16. The van der Waals surface area contributed by atoms with E-state index in [2.05, 4.69) is 50.9 Å². The van der Waals surface area contributed by atoms with Crippen LogP contribution in [0.5, 0.6) is 0 Å². The summed E-state index contributed by atoms with van der Waals surface area (Å²) < 4.78 is 0. The molecule has 1 aromatic rings. The Labute approximate surface area is 110 Å². The van der Waals surface area contributed by atoms with Crippen LogP contribution in [0.1, 0.15) is 25.0 Å². The zero-order valence-electron chi connectivity index (χ0n) is 11.1. The largest absolute Gasteiger partial charge is 0.312 e. The van der Waals surface area contributed by atoms with E-state index < -0.39 is 0 Å². The zero-order chi connectivity index (χ0) is 12.7. The second-order valence-corrected chi connectivity index (χ2v) is 5.79. The van der Waals surface area contributed by atoms with E-state index in [1.165, 1.54) is 16.0 Å². The zero-order valence-corrected chi connectivity index (χ0v) is 11.9. The molecule has 0 heterocycles. The normalized spacial score (nSPS) is 10.8. The smallest absolute Gasteiger partial charge is 0.0205 e.